The van der Waals surface area contributed by atoms with E-state index < -0.39 is 0 Å². The first-order valence-corrected chi connectivity index (χ1v) is 7.47. The molecular weight excluding hydrogens is 252 g/mol. The average molecular weight is 268 g/mol. The van der Waals surface area contributed by atoms with Gasteiger partial charge in [-0.2, -0.15) is 0 Å². The van der Waals surface area contributed by atoms with E-state index in [-0.39, 0.29) is 5.91 Å². The Balaban J connectivity index is 1.81. The lowest BCUT2D eigenvalue weighted by Gasteiger charge is -2.04. The van der Waals surface area contributed by atoms with E-state index >= 15 is 0 Å². The lowest BCUT2D eigenvalue weighted by molar-refractivity contribution is 0.0958. The minimum Gasteiger partial charge on any atom is -0.350 e. The fourth-order valence-electron chi connectivity index (χ4n) is 1.53. The molecule has 0 unspecified atom stereocenters. The van der Waals surface area contributed by atoms with Crippen LogP contribution in [0, 0.1) is 0 Å². The number of carbonyl (C=O) groups excluding carboxylic acids is 1. The van der Waals surface area contributed by atoms with Crippen molar-refractivity contribution in [2.24, 2.45) is 0 Å². The zero-order valence-electron chi connectivity index (χ0n) is 9.79. The highest BCUT2D eigenvalue weighted by atomic mass is 32.1. The van der Waals surface area contributed by atoms with E-state index in [1.807, 2.05) is 6.07 Å². The van der Waals surface area contributed by atoms with E-state index in [1.54, 1.807) is 22.7 Å². The van der Waals surface area contributed by atoms with Crippen molar-refractivity contribution in [1.82, 2.24) is 10.6 Å². The van der Waals surface area contributed by atoms with Crippen molar-refractivity contribution in [3.8, 4) is 0 Å². The highest BCUT2D eigenvalue weighted by Crippen LogP contribution is 2.29. The normalized spacial score (nSPS) is 10.9. The Kier molecular flexibility index (Phi) is 4.53. The molecule has 0 spiro atoms. The van der Waals surface area contributed by atoms with E-state index in [0.717, 1.165) is 24.4 Å². The van der Waals surface area contributed by atoms with Gasteiger partial charge in [-0.15, -0.1) is 22.7 Å². The molecule has 0 fully saturated rings. The van der Waals surface area contributed by atoms with Gasteiger partial charge in [0.1, 0.15) is 0 Å². The quantitative estimate of drug-likeness (QED) is 0.791. The van der Waals surface area contributed by atoms with E-state index in [2.05, 4.69) is 29.0 Å². The summed E-state index contributed by atoms with van der Waals surface area (Å²) in [6.45, 7) is 4.65. The molecule has 92 valence electrons. The first-order valence-electron chi connectivity index (χ1n) is 5.77. The van der Waals surface area contributed by atoms with Gasteiger partial charge in [-0.05, 0) is 30.5 Å². The molecule has 2 aromatic rings. The summed E-state index contributed by atoms with van der Waals surface area (Å²) in [5.74, 6) is 0.0386. The number of thiophene rings is 2. The third-order valence-corrected chi connectivity index (χ3v) is 4.47. The van der Waals surface area contributed by atoms with Crippen LogP contribution in [-0.4, -0.2) is 25.5 Å². The fourth-order valence-corrected chi connectivity index (χ4v) is 3.56. The lowest BCUT2D eigenvalue weighted by atomic mass is 10.4. The first kappa shape index (κ1) is 12.5. The van der Waals surface area contributed by atoms with Gasteiger partial charge in [0.25, 0.3) is 5.91 Å². The molecule has 17 heavy (non-hydrogen) atoms. The summed E-state index contributed by atoms with van der Waals surface area (Å²) in [4.78, 5) is 12.6. The van der Waals surface area contributed by atoms with Crippen LogP contribution < -0.4 is 10.6 Å². The van der Waals surface area contributed by atoms with E-state index in [4.69, 9.17) is 0 Å². The average Bonchev–Trinajstić information content (AvgIpc) is 2.88. The van der Waals surface area contributed by atoms with Gasteiger partial charge in [0.15, 0.2) is 0 Å². The fraction of sp³-hybridized carbons (Fsp3) is 0.417. The summed E-state index contributed by atoms with van der Waals surface area (Å²) in [6.07, 6.45) is 1.12. The maximum atomic E-state index is 11.8. The highest BCUT2D eigenvalue weighted by Gasteiger charge is 2.09. The zero-order valence-corrected chi connectivity index (χ0v) is 11.4. The molecule has 0 aliphatic heterocycles. The van der Waals surface area contributed by atoms with Crippen molar-refractivity contribution in [3.63, 3.8) is 0 Å². The predicted octanol–water partition coefficient (Wildman–Crippen LogP) is 2.69. The van der Waals surface area contributed by atoms with Crippen molar-refractivity contribution < 1.29 is 4.79 Å². The summed E-state index contributed by atoms with van der Waals surface area (Å²) in [5.41, 5.74) is 0. The molecule has 1 amide bonds. The van der Waals surface area contributed by atoms with Crippen molar-refractivity contribution >= 4 is 38.0 Å². The minimum atomic E-state index is 0.0386. The molecule has 5 heteroatoms. The zero-order chi connectivity index (χ0) is 12.1. The second-order valence-electron chi connectivity index (χ2n) is 3.77. The molecule has 0 aromatic carbocycles. The van der Waals surface area contributed by atoms with Gasteiger partial charge in [0, 0.05) is 22.5 Å². The second-order valence-corrected chi connectivity index (χ2v) is 5.80. The van der Waals surface area contributed by atoms with Crippen LogP contribution in [0.1, 0.15) is 23.0 Å². The molecular formula is C12H16N2OS2. The molecule has 0 saturated carbocycles. The topological polar surface area (TPSA) is 41.1 Å². The second kappa shape index (κ2) is 6.14. The standard InChI is InChI=1S/C12H16N2OS2/c1-2-4-13-5-6-14-12(15)11-8-10-9(17-11)3-7-16-10/h3,7-8,13H,2,4-6H2,1H3,(H,14,15). The number of nitrogens with one attached hydrogen (secondary N) is 2. The van der Waals surface area contributed by atoms with Crippen LogP contribution in [0.2, 0.25) is 0 Å². The third kappa shape index (κ3) is 3.28. The van der Waals surface area contributed by atoms with Crippen LogP contribution in [0.4, 0.5) is 0 Å². The number of hydrogen-bond acceptors (Lipinski definition) is 4. The van der Waals surface area contributed by atoms with Crippen LogP contribution >= 0.6 is 22.7 Å². The van der Waals surface area contributed by atoms with Gasteiger partial charge in [-0.1, -0.05) is 6.92 Å². The number of hydrogen-bond donors (Lipinski definition) is 2. The van der Waals surface area contributed by atoms with Gasteiger partial charge < -0.3 is 10.6 Å². The van der Waals surface area contributed by atoms with Crippen LogP contribution in [0.5, 0.6) is 0 Å². The molecule has 0 aliphatic rings. The monoisotopic (exact) mass is 268 g/mol. The van der Waals surface area contributed by atoms with E-state index in [0.29, 0.717) is 6.54 Å². The minimum absolute atomic E-state index is 0.0386. The van der Waals surface area contributed by atoms with Crippen LogP contribution in [0.3, 0.4) is 0 Å². The van der Waals surface area contributed by atoms with Gasteiger partial charge in [-0.25, -0.2) is 0 Å². The Hall–Kier alpha value is -0.910. The Morgan fingerprint density at radius 2 is 2.18 bits per heavy atom. The van der Waals surface area contributed by atoms with Crippen molar-refractivity contribution in [3.05, 3.63) is 22.4 Å². The number of carbonyl (C=O) groups is 1. The number of fused-ring (bicyclic) bond motifs is 1. The van der Waals surface area contributed by atoms with Crippen molar-refractivity contribution in [2.75, 3.05) is 19.6 Å². The SMILES string of the molecule is CCCNCCNC(=O)c1cc2sccc2s1. The summed E-state index contributed by atoms with van der Waals surface area (Å²) >= 11 is 3.24. The third-order valence-electron chi connectivity index (χ3n) is 2.38. The molecule has 0 aliphatic carbocycles. The molecule has 0 bridgehead atoms. The summed E-state index contributed by atoms with van der Waals surface area (Å²) in [5, 5.41) is 8.23. The summed E-state index contributed by atoms with van der Waals surface area (Å²) in [6, 6.07) is 4.03. The molecule has 2 N–H and O–H groups in total. The van der Waals surface area contributed by atoms with Crippen LogP contribution in [-0.2, 0) is 0 Å². The Labute approximate surface area is 109 Å². The first-order chi connectivity index (χ1) is 8.31. The van der Waals surface area contributed by atoms with Gasteiger partial charge in [0.05, 0.1) is 4.88 Å². The van der Waals surface area contributed by atoms with Gasteiger partial charge in [0.2, 0.25) is 0 Å². The maximum Gasteiger partial charge on any atom is 0.261 e. The van der Waals surface area contributed by atoms with Gasteiger partial charge in [-0.3, -0.25) is 4.79 Å². The molecule has 3 nitrogen and oxygen atoms in total. The van der Waals surface area contributed by atoms with Crippen LogP contribution in [0.15, 0.2) is 17.5 Å². The largest absolute Gasteiger partial charge is 0.350 e. The predicted molar refractivity (Wildman–Crippen MR) is 75.2 cm³/mol. The highest BCUT2D eigenvalue weighted by molar-refractivity contribution is 7.27. The Bertz CT molecular complexity index is 461. The van der Waals surface area contributed by atoms with E-state index in [9.17, 15) is 4.79 Å². The number of amides is 1. The number of rotatable bonds is 6. The molecule has 2 rings (SSSR count). The maximum absolute atomic E-state index is 11.8. The van der Waals surface area contributed by atoms with Crippen molar-refractivity contribution in [1.29, 1.82) is 0 Å². The Morgan fingerprint density at radius 1 is 1.29 bits per heavy atom. The van der Waals surface area contributed by atoms with Crippen molar-refractivity contribution in [2.45, 2.75) is 13.3 Å². The van der Waals surface area contributed by atoms with Crippen LogP contribution in [0.25, 0.3) is 9.40 Å². The molecule has 0 atom stereocenters. The van der Waals surface area contributed by atoms with E-state index in [1.165, 1.54) is 9.40 Å². The molecule has 0 saturated heterocycles. The molecule has 2 aromatic heterocycles. The summed E-state index contributed by atoms with van der Waals surface area (Å²) in [7, 11) is 0. The summed E-state index contributed by atoms with van der Waals surface area (Å²) < 4.78 is 2.40. The molecule has 0 radical (unpaired) electrons. The smallest absolute Gasteiger partial charge is 0.261 e. The lowest BCUT2D eigenvalue weighted by Crippen LogP contribution is -2.31. The molecule has 2 heterocycles. The Morgan fingerprint density at radius 3 is 2.94 bits per heavy atom. The van der Waals surface area contributed by atoms with Gasteiger partial charge >= 0.3 is 0 Å².